The second kappa shape index (κ2) is 4.98. The summed E-state index contributed by atoms with van der Waals surface area (Å²) in [6.07, 6.45) is 5.00. The van der Waals surface area contributed by atoms with Crippen LogP contribution in [0.25, 0.3) is 10.9 Å². The minimum Gasteiger partial charge on any atom is -0.346 e. The molecule has 0 radical (unpaired) electrons. The van der Waals surface area contributed by atoms with Crippen molar-refractivity contribution in [2.24, 2.45) is 0 Å². The molecule has 1 aromatic carbocycles. The molecule has 18 heavy (non-hydrogen) atoms. The number of fused-ring (bicyclic) bond motifs is 1. The summed E-state index contributed by atoms with van der Waals surface area (Å²) in [5, 5.41) is 2.26. The van der Waals surface area contributed by atoms with Crippen molar-refractivity contribution in [3.63, 3.8) is 0 Å². The Balaban J connectivity index is 1.80. The largest absolute Gasteiger partial charge is 0.346 e. The molecule has 0 unspecified atom stereocenters. The number of aromatic nitrogens is 1. The van der Waals surface area contributed by atoms with E-state index >= 15 is 0 Å². The molecule has 2 nitrogen and oxygen atoms in total. The first-order valence-electron chi connectivity index (χ1n) is 6.63. The van der Waals surface area contributed by atoms with E-state index in [0.29, 0.717) is 0 Å². The van der Waals surface area contributed by atoms with Crippen LogP contribution in [0.1, 0.15) is 12.8 Å². The summed E-state index contributed by atoms with van der Waals surface area (Å²) < 4.78 is 2.35. The number of benzene rings is 1. The summed E-state index contributed by atoms with van der Waals surface area (Å²) >= 11 is 2.03. The molecular formula is C15H20N2S. The van der Waals surface area contributed by atoms with Crippen molar-refractivity contribution >= 4 is 22.7 Å². The van der Waals surface area contributed by atoms with Gasteiger partial charge in [-0.3, -0.25) is 0 Å². The smallest absolute Gasteiger partial charge is 0.0481 e. The highest BCUT2D eigenvalue weighted by Crippen LogP contribution is 2.39. The third-order valence-corrected chi connectivity index (χ3v) is 4.69. The molecule has 96 valence electrons. The van der Waals surface area contributed by atoms with Crippen molar-refractivity contribution in [3.05, 3.63) is 30.5 Å². The topological polar surface area (TPSA) is 8.17 Å². The van der Waals surface area contributed by atoms with Crippen LogP contribution in [0.15, 0.2) is 35.4 Å². The van der Waals surface area contributed by atoms with Crippen LogP contribution >= 0.6 is 11.8 Å². The fraction of sp³-hybridized carbons (Fsp3) is 0.467. The third-order valence-electron chi connectivity index (χ3n) is 3.36. The quantitative estimate of drug-likeness (QED) is 0.813. The van der Waals surface area contributed by atoms with Crippen molar-refractivity contribution in [3.8, 4) is 0 Å². The van der Waals surface area contributed by atoms with Gasteiger partial charge in [0.25, 0.3) is 0 Å². The van der Waals surface area contributed by atoms with Crippen LogP contribution in [0, 0.1) is 0 Å². The molecule has 3 rings (SSSR count). The van der Waals surface area contributed by atoms with Gasteiger partial charge in [0.2, 0.25) is 0 Å². The second-order valence-corrected chi connectivity index (χ2v) is 6.72. The molecule has 0 amide bonds. The molecule has 2 aromatic rings. The van der Waals surface area contributed by atoms with E-state index in [4.69, 9.17) is 0 Å². The fourth-order valence-corrected chi connectivity index (χ4v) is 3.23. The predicted molar refractivity (Wildman–Crippen MR) is 79.4 cm³/mol. The average molecular weight is 260 g/mol. The summed E-state index contributed by atoms with van der Waals surface area (Å²) in [6, 6.07) is 9.12. The molecule has 0 aliphatic heterocycles. The third kappa shape index (κ3) is 2.73. The summed E-state index contributed by atoms with van der Waals surface area (Å²) in [6.45, 7) is 2.15. The maximum Gasteiger partial charge on any atom is 0.0481 e. The Morgan fingerprint density at radius 1 is 1.28 bits per heavy atom. The maximum absolute atomic E-state index is 2.35. The zero-order valence-corrected chi connectivity index (χ0v) is 11.9. The van der Waals surface area contributed by atoms with Gasteiger partial charge >= 0.3 is 0 Å². The molecule has 0 spiro atoms. The molecule has 1 aromatic heterocycles. The Bertz CT molecular complexity index is 540. The number of likely N-dealkylation sites (N-methyl/N-ethyl adjacent to an activating group) is 1. The van der Waals surface area contributed by atoms with E-state index in [2.05, 4.69) is 54.0 Å². The summed E-state index contributed by atoms with van der Waals surface area (Å²) in [5.41, 5.74) is 1.36. The van der Waals surface area contributed by atoms with E-state index in [1.807, 2.05) is 11.8 Å². The Hall–Kier alpha value is -0.930. The first-order valence-corrected chi connectivity index (χ1v) is 7.50. The number of rotatable bonds is 5. The van der Waals surface area contributed by atoms with E-state index in [1.165, 1.54) is 28.6 Å². The monoisotopic (exact) mass is 260 g/mol. The Morgan fingerprint density at radius 3 is 2.83 bits per heavy atom. The predicted octanol–water partition coefficient (Wildman–Crippen LogP) is 3.46. The lowest BCUT2D eigenvalue weighted by molar-refractivity contribution is 0.387. The number of nitrogens with zero attached hydrogens (tertiary/aromatic N) is 2. The molecule has 1 fully saturated rings. The summed E-state index contributed by atoms with van der Waals surface area (Å²) in [4.78, 5) is 3.65. The van der Waals surface area contributed by atoms with Gasteiger partial charge in [-0.15, -0.1) is 11.8 Å². The minimum atomic E-state index is 0.887. The van der Waals surface area contributed by atoms with Crippen LogP contribution in [0.3, 0.4) is 0 Å². The number of thioether (sulfide) groups is 1. The average Bonchev–Trinajstić information content (AvgIpc) is 3.06. The SMILES string of the molecule is CN(C)CCn1ccc2cc(SC3CC3)ccc21. The standard InChI is InChI=1S/C15H20N2S/c1-16(2)9-10-17-8-7-12-11-14(5-6-15(12)17)18-13-3-4-13/h5-8,11,13H,3-4,9-10H2,1-2H3. The second-order valence-electron chi connectivity index (χ2n) is 5.35. The molecule has 0 N–H and O–H groups in total. The highest BCUT2D eigenvalue weighted by molar-refractivity contribution is 8.00. The lowest BCUT2D eigenvalue weighted by Crippen LogP contribution is -2.17. The molecule has 0 bridgehead atoms. The molecular weight excluding hydrogens is 240 g/mol. The first kappa shape index (κ1) is 12.1. The van der Waals surface area contributed by atoms with Gasteiger partial charge in [0.05, 0.1) is 0 Å². The van der Waals surface area contributed by atoms with Crippen molar-refractivity contribution in [1.82, 2.24) is 9.47 Å². The van der Waals surface area contributed by atoms with Gasteiger partial charge in [-0.05, 0) is 51.2 Å². The van der Waals surface area contributed by atoms with Crippen LogP contribution in [0.4, 0.5) is 0 Å². The summed E-state index contributed by atoms with van der Waals surface area (Å²) in [5.74, 6) is 0. The fourth-order valence-electron chi connectivity index (χ4n) is 2.13. The van der Waals surface area contributed by atoms with E-state index < -0.39 is 0 Å². The minimum absolute atomic E-state index is 0.887. The lowest BCUT2D eigenvalue weighted by atomic mass is 10.2. The van der Waals surface area contributed by atoms with Gasteiger partial charge in [0.15, 0.2) is 0 Å². The van der Waals surface area contributed by atoms with Crippen LogP contribution in [-0.2, 0) is 6.54 Å². The molecule has 3 heteroatoms. The zero-order chi connectivity index (χ0) is 12.5. The number of hydrogen-bond donors (Lipinski definition) is 0. The Labute approximate surface area is 113 Å². The van der Waals surface area contributed by atoms with Crippen LogP contribution < -0.4 is 0 Å². The van der Waals surface area contributed by atoms with E-state index in [1.54, 1.807) is 0 Å². The lowest BCUT2D eigenvalue weighted by Gasteiger charge is -2.11. The van der Waals surface area contributed by atoms with Crippen molar-refractivity contribution in [2.45, 2.75) is 29.5 Å². The van der Waals surface area contributed by atoms with Crippen molar-refractivity contribution in [2.75, 3.05) is 20.6 Å². The van der Waals surface area contributed by atoms with E-state index in [0.717, 1.165) is 18.3 Å². The van der Waals surface area contributed by atoms with Gasteiger partial charge in [-0.2, -0.15) is 0 Å². The first-order chi connectivity index (χ1) is 8.72. The van der Waals surface area contributed by atoms with E-state index in [9.17, 15) is 0 Å². The van der Waals surface area contributed by atoms with Gasteiger partial charge in [0.1, 0.15) is 0 Å². The molecule has 1 saturated carbocycles. The van der Waals surface area contributed by atoms with Crippen LogP contribution in [0.2, 0.25) is 0 Å². The molecule has 1 aliphatic rings. The van der Waals surface area contributed by atoms with Crippen LogP contribution in [-0.4, -0.2) is 35.4 Å². The molecule has 1 aliphatic carbocycles. The Morgan fingerprint density at radius 2 is 2.11 bits per heavy atom. The highest BCUT2D eigenvalue weighted by Gasteiger charge is 2.22. The number of hydrogen-bond acceptors (Lipinski definition) is 2. The van der Waals surface area contributed by atoms with Crippen molar-refractivity contribution in [1.29, 1.82) is 0 Å². The van der Waals surface area contributed by atoms with Gasteiger partial charge < -0.3 is 9.47 Å². The summed E-state index contributed by atoms with van der Waals surface area (Å²) in [7, 11) is 4.24. The van der Waals surface area contributed by atoms with Gasteiger partial charge in [-0.25, -0.2) is 0 Å². The van der Waals surface area contributed by atoms with Gasteiger partial charge in [0, 0.05) is 40.3 Å². The van der Waals surface area contributed by atoms with E-state index in [-0.39, 0.29) is 0 Å². The van der Waals surface area contributed by atoms with Gasteiger partial charge in [-0.1, -0.05) is 0 Å². The molecule has 0 atom stereocenters. The van der Waals surface area contributed by atoms with Crippen molar-refractivity contribution < 1.29 is 0 Å². The maximum atomic E-state index is 2.35. The highest BCUT2D eigenvalue weighted by atomic mass is 32.2. The zero-order valence-electron chi connectivity index (χ0n) is 11.1. The Kier molecular flexibility index (Phi) is 3.35. The van der Waals surface area contributed by atoms with Crippen LogP contribution in [0.5, 0.6) is 0 Å². The normalized spacial score (nSPS) is 15.7. The molecule has 0 saturated heterocycles. The molecule has 1 heterocycles.